The van der Waals surface area contributed by atoms with Crippen molar-refractivity contribution in [1.29, 1.82) is 0 Å². The molecule has 0 spiro atoms. The van der Waals surface area contributed by atoms with Crippen molar-refractivity contribution in [3.05, 3.63) is 23.8 Å². The summed E-state index contributed by atoms with van der Waals surface area (Å²) in [6.07, 6.45) is 0.141. The number of carbonyl (C=O) groups excluding carboxylic acids is 2. The predicted octanol–water partition coefficient (Wildman–Crippen LogP) is 0.628. The molecule has 0 aliphatic carbocycles. The molecular weight excluding hydrogens is 246 g/mol. The van der Waals surface area contributed by atoms with Crippen molar-refractivity contribution in [2.75, 3.05) is 38.4 Å². The zero-order chi connectivity index (χ0) is 14.4. The Kier molecular flexibility index (Phi) is 5.17. The molecule has 0 aromatic heterocycles. The average Bonchev–Trinajstić information content (AvgIpc) is 2.37. The van der Waals surface area contributed by atoms with Crippen molar-refractivity contribution >= 4 is 23.3 Å². The molecule has 0 atom stereocenters. The van der Waals surface area contributed by atoms with Gasteiger partial charge in [-0.05, 0) is 18.2 Å². The highest BCUT2D eigenvalue weighted by molar-refractivity contribution is 6.00. The standard InChI is InChI=1S/C13H19N3O3/c1-16(2)11-5-4-9(14)8-10(11)13(18)15-7-6-12(17)19-3/h4-5,8H,6-7,14H2,1-3H3,(H,15,18). The van der Waals surface area contributed by atoms with Crippen molar-refractivity contribution in [3.63, 3.8) is 0 Å². The van der Waals surface area contributed by atoms with Crippen LogP contribution in [0.5, 0.6) is 0 Å². The van der Waals surface area contributed by atoms with Crippen molar-refractivity contribution in [3.8, 4) is 0 Å². The molecule has 3 N–H and O–H groups in total. The third-order valence-electron chi connectivity index (χ3n) is 2.59. The molecule has 1 aromatic rings. The van der Waals surface area contributed by atoms with Crippen LogP contribution in [0.15, 0.2) is 18.2 Å². The van der Waals surface area contributed by atoms with Gasteiger partial charge in [-0.25, -0.2) is 0 Å². The second-order valence-corrected chi connectivity index (χ2v) is 4.25. The molecular formula is C13H19N3O3. The van der Waals surface area contributed by atoms with E-state index in [4.69, 9.17) is 5.73 Å². The lowest BCUT2D eigenvalue weighted by molar-refractivity contribution is -0.140. The summed E-state index contributed by atoms with van der Waals surface area (Å²) in [5, 5.41) is 2.66. The van der Waals surface area contributed by atoms with Crippen LogP contribution in [0.25, 0.3) is 0 Å². The number of esters is 1. The number of anilines is 2. The monoisotopic (exact) mass is 265 g/mol. The van der Waals surface area contributed by atoms with E-state index in [2.05, 4.69) is 10.1 Å². The molecule has 0 saturated heterocycles. The topological polar surface area (TPSA) is 84.7 Å². The third-order valence-corrected chi connectivity index (χ3v) is 2.59. The number of benzene rings is 1. The van der Waals surface area contributed by atoms with Crippen LogP contribution in [-0.2, 0) is 9.53 Å². The minimum absolute atomic E-state index is 0.141. The molecule has 0 radical (unpaired) electrons. The summed E-state index contributed by atoms with van der Waals surface area (Å²) in [5.74, 6) is -0.624. The average molecular weight is 265 g/mol. The normalized spacial score (nSPS) is 9.84. The molecule has 1 rings (SSSR count). The SMILES string of the molecule is COC(=O)CCNC(=O)c1cc(N)ccc1N(C)C. The molecule has 0 aliphatic rings. The molecule has 0 saturated carbocycles. The number of rotatable bonds is 5. The summed E-state index contributed by atoms with van der Waals surface area (Å²) in [7, 11) is 5.00. The Morgan fingerprint density at radius 2 is 2.05 bits per heavy atom. The van der Waals surface area contributed by atoms with E-state index in [1.807, 2.05) is 19.0 Å². The summed E-state index contributed by atoms with van der Waals surface area (Å²) in [4.78, 5) is 24.8. The molecule has 0 aliphatic heterocycles. The van der Waals surface area contributed by atoms with E-state index in [1.165, 1.54) is 7.11 Å². The van der Waals surface area contributed by atoms with Gasteiger partial charge in [-0.1, -0.05) is 0 Å². The van der Waals surface area contributed by atoms with Gasteiger partial charge in [0, 0.05) is 32.0 Å². The first-order valence-electron chi connectivity index (χ1n) is 5.87. The zero-order valence-electron chi connectivity index (χ0n) is 11.4. The second kappa shape index (κ2) is 6.63. The lowest BCUT2D eigenvalue weighted by atomic mass is 10.1. The molecule has 0 heterocycles. The molecule has 0 bridgehead atoms. The minimum atomic E-state index is -0.360. The Balaban J connectivity index is 2.75. The minimum Gasteiger partial charge on any atom is -0.469 e. The molecule has 1 aromatic carbocycles. The Morgan fingerprint density at radius 3 is 2.63 bits per heavy atom. The van der Waals surface area contributed by atoms with Gasteiger partial charge < -0.3 is 20.7 Å². The van der Waals surface area contributed by atoms with Gasteiger partial charge in [-0.2, -0.15) is 0 Å². The fraction of sp³-hybridized carbons (Fsp3) is 0.385. The number of hydrogen-bond donors (Lipinski definition) is 2. The lowest BCUT2D eigenvalue weighted by Gasteiger charge is -2.17. The van der Waals surface area contributed by atoms with E-state index >= 15 is 0 Å². The number of ether oxygens (including phenoxy) is 1. The zero-order valence-corrected chi connectivity index (χ0v) is 11.4. The summed E-state index contributed by atoms with van der Waals surface area (Å²) in [5.41, 5.74) is 7.46. The van der Waals surface area contributed by atoms with Crippen LogP contribution in [0.2, 0.25) is 0 Å². The van der Waals surface area contributed by atoms with E-state index in [9.17, 15) is 9.59 Å². The van der Waals surface area contributed by atoms with Crippen molar-refractivity contribution in [1.82, 2.24) is 5.32 Å². The first-order valence-corrected chi connectivity index (χ1v) is 5.87. The molecule has 0 unspecified atom stereocenters. The molecule has 104 valence electrons. The van der Waals surface area contributed by atoms with Gasteiger partial charge in [-0.3, -0.25) is 9.59 Å². The third kappa shape index (κ3) is 4.17. The van der Waals surface area contributed by atoms with Crippen LogP contribution in [-0.4, -0.2) is 39.6 Å². The fourth-order valence-corrected chi connectivity index (χ4v) is 1.60. The fourth-order valence-electron chi connectivity index (χ4n) is 1.60. The summed E-state index contributed by atoms with van der Waals surface area (Å²) < 4.78 is 4.50. The Hall–Kier alpha value is -2.24. The molecule has 1 amide bonds. The maximum Gasteiger partial charge on any atom is 0.307 e. The number of amides is 1. The summed E-state index contributed by atoms with van der Waals surface area (Å²) in [6.45, 7) is 0.229. The lowest BCUT2D eigenvalue weighted by Crippen LogP contribution is -2.28. The number of hydrogen-bond acceptors (Lipinski definition) is 5. The maximum atomic E-state index is 12.0. The highest BCUT2D eigenvalue weighted by Crippen LogP contribution is 2.21. The Bertz CT molecular complexity index is 472. The largest absolute Gasteiger partial charge is 0.469 e. The van der Waals surface area contributed by atoms with Crippen molar-refractivity contribution in [2.45, 2.75) is 6.42 Å². The number of nitrogens with two attached hydrogens (primary N) is 1. The number of carbonyl (C=O) groups is 2. The quantitative estimate of drug-likeness (QED) is 0.602. The van der Waals surface area contributed by atoms with Crippen LogP contribution in [0.1, 0.15) is 16.8 Å². The number of nitrogen functional groups attached to an aromatic ring is 1. The summed E-state index contributed by atoms with van der Waals surface area (Å²) >= 11 is 0. The molecule has 6 nitrogen and oxygen atoms in total. The molecule has 19 heavy (non-hydrogen) atoms. The first kappa shape index (κ1) is 14.8. The van der Waals surface area contributed by atoms with Gasteiger partial charge in [0.15, 0.2) is 0 Å². The maximum absolute atomic E-state index is 12.0. The van der Waals surface area contributed by atoms with Crippen molar-refractivity contribution in [2.24, 2.45) is 0 Å². The second-order valence-electron chi connectivity index (χ2n) is 4.25. The van der Waals surface area contributed by atoms with Crippen LogP contribution in [0, 0.1) is 0 Å². The number of methoxy groups -OCH3 is 1. The van der Waals surface area contributed by atoms with E-state index in [-0.39, 0.29) is 24.8 Å². The van der Waals surface area contributed by atoms with Gasteiger partial charge in [0.05, 0.1) is 19.1 Å². The highest BCUT2D eigenvalue weighted by Gasteiger charge is 2.13. The molecule has 0 fully saturated rings. The Labute approximate surface area is 112 Å². The van der Waals surface area contributed by atoms with E-state index in [0.29, 0.717) is 11.3 Å². The van der Waals surface area contributed by atoms with Gasteiger partial charge in [0.1, 0.15) is 0 Å². The predicted molar refractivity (Wildman–Crippen MR) is 74.1 cm³/mol. The smallest absolute Gasteiger partial charge is 0.307 e. The number of nitrogens with zero attached hydrogens (tertiary/aromatic N) is 1. The van der Waals surface area contributed by atoms with Gasteiger partial charge in [0.2, 0.25) is 0 Å². The summed E-state index contributed by atoms with van der Waals surface area (Å²) in [6, 6.07) is 5.13. The van der Waals surface area contributed by atoms with Crippen LogP contribution >= 0.6 is 0 Å². The highest BCUT2D eigenvalue weighted by atomic mass is 16.5. The van der Waals surface area contributed by atoms with Crippen molar-refractivity contribution < 1.29 is 14.3 Å². The number of nitrogens with one attached hydrogen (secondary N) is 1. The first-order chi connectivity index (χ1) is 8.95. The van der Waals surface area contributed by atoms with Gasteiger partial charge >= 0.3 is 5.97 Å². The van der Waals surface area contributed by atoms with E-state index < -0.39 is 0 Å². The molecule has 6 heteroatoms. The van der Waals surface area contributed by atoms with Crippen LogP contribution in [0.4, 0.5) is 11.4 Å². The van der Waals surface area contributed by atoms with Gasteiger partial charge in [0.25, 0.3) is 5.91 Å². The van der Waals surface area contributed by atoms with Gasteiger partial charge in [-0.15, -0.1) is 0 Å². The van der Waals surface area contributed by atoms with Crippen LogP contribution < -0.4 is 16.0 Å². The van der Waals surface area contributed by atoms with E-state index in [0.717, 1.165) is 5.69 Å². The van der Waals surface area contributed by atoms with Crippen LogP contribution in [0.3, 0.4) is 0 Å². The van der Waals surface area contributed by atoms with E-state index in [1.54, 1.807) is 18.2 Å². The Morgan fingerprint density at radius 1 is 1.37 bits per heavy atom.